The van der Waals surface area contributed by atoms with Gasteiger partial charge < -0.3 is 4.57 Å². The molecule has 1 aliphatic heterocycles. The maximum Gasteiger partial charge on any atom is 0.109 e. The largest absolute Gasteiger partial charge is 0.328 e. The van der Waals surface area contributed by atoms with Gasteiger partial charge in [-0.05, 0) is 18.0 Å². The van der Waals surface area contributed by atoms with Crippen molar-refractivity contribution in [3.63, 3.8) is 0 Å². The van der Waals surface area contributed by atoms with E-state index < -0.39 is 0 Å². The van der Waals surface area contributed by atoms with Crippen LogP contribution >= 0.6 is 0 Å². The molecular weight excluding hydrogens is 214 g/mol. The molecule has 84 valence electrons. The normalized spacial score (nSPS) is 13.2. The Bertz CT molecular complexity index is 607. The summed E-state index contributed by atoms with van der Waals surface area (Å²) in [5.74, 6) is 1.15. The number of nitrogens with zero attached hydrogens (tertiary/aromatic N) is 5. The van der Waals surface area contributed by atoms with Crippen molar-refractivity contribution in [2.24, 2.45) is 5.11 Å². The van der Waals surface area contributed by atoms with E-state index in [1.54, 1.807) is 6.07 Å². The molecule has 0 spiro atoms. The second kappa shape index (κ2) is 3.96. The topological polar surface area (TPSA) is 66.6 Å². The number of hydrogen-bond donors (Lipinski definition) is 0. The van der Waals surface area contributed by atoms with Gasteiger partial charge in [-0.2, -0.15) is 0 Å². The minimum atomic E-state index is 0.638. The molecule has 2 heterocycles. The van der Waals surface area contributed by atoms with E-state index in [1.807, 2.05) is 24.4 Å². The van der Waals surface area contributed by atoms with E-state index in [0.717, 1.165) is 36.5 Å². The Kier molecular flexibility index (Phi) is 2.31. The Morgan fingerprint density at radius 2 is 2.35 bits per heavy atom. The zero-order chi connectivity index (χ0) is 11.7. The molecule has 3 rings (SSSR count). The first-order valence-corrected chi connectivity index (χ1v) is 5.58. The van der Waals surface area contributed by atoms with Gasteiger partial charge in [0.25, 0.3) is 0 Å². The number of fused-ring (bicyclic) bond motifs is 1. The highest BCUT2D eigenvalue weighted by Crippen LogP contribution is 2.28. The first-order chi connectivity index (χ1) is 8.38. The predicted octanol–water partition coefficient (Wildman–Crippen LogP) is 3.44. The minimum absolute atomic E-state index is 0.638. The molecule has 0 N–H and O–H groups in total. The van der Waals surface area contributed by atoms with Crippen LogP contribution in [0.4, 0.5) is 5.69 Å². The van der Waals surface area contributed by atoms with Crippen LogP contribution in [0.25, 0.3) is 21.7 Å². The van der Waals surface area contributed by atoms with Gasteiger partial charge in [0.2, 0.25) is 0 Å². The first kappa shape index (κ1) is 9.93. The van der Waals surface area contributed by atoms with Gasteiger partial charge in [0, 0.05) is 29.1 Å². The molecule has 2 aromatic rings. The number of aryl methyl sites for hydroxylation is 1. The van der Waals surface area contributed by atoms with Gasteiger partial charge in [-0.3, -0.25) is 0 Å². The number of benzene rings is 1. The van der Waals surface area contributed by atoms with Crippen molar-refractivity contribution < 1.29 is 0 Å². The summed E-state index contributed by atoms with van der Waals surface area (Å²) in [5, 5.41) is 3.62. The summed E-state index contributed by atoms with van der Waals surface area (Å²) in [6.45, 7) is 1.02. The Morgan fingerprint density at radius 3 is 3.24 bits per heavy atom. The van der Waals surface area contributed by atoms with Crippen molar-refractivity contribution in [2.75, 3.05) is 0 Å². The monoisotopic (exact) mass is 225 g/mol. The Labute approximate surface area is 98.3 Å². The summed E-state index contributed by atoms with van der Waals surface area (Å²) in [5.41, 5.74) is 11.2. The number of azide groups is 1. The molecule has 0 saturated carbocycles. The molecule has 0 bridgehead atoms. The van der Waals surface area contributed by atoms with Gasteiger partial charge in [0.15, 0.2) is 0 Å². The first-order valence-electron chi connectivity index (χ1n) is 5.58. The molecule has 5 nitrogen and oxygen atoms in total. The van der Waals surface area contributed by atoms with Crippen molar-refractivity contribution >= 4 is 5.69 Å². The fourth-order valence-corrected chi connectivity index (χ4v) is 2.27. The molecule has 0 aliphatic carbocycles. The van der Waals surface area contributed by atoms with Crippen molar-refractivity contribution in [1.29, 1.82) is 0 Å². The number of imidazole rings is 1. The van der Waals surface area contributed by atoms with Gasteiger partial charge in [0.05, 0.1) is 11.9 Å². The van der Waals surface area contributed by atoms with Crippen LogP contribution in [0, 0.1) is 0 Å². The highest BCUT2D eigenvalue weighted by Gasteiger charge is 2.16. The van der Waals surface area contributed by atoms with Crippen LogP contribution in [-0.4, -0.2) is 9.55 Å². The van der Waals surface area contributed by atoms with E-state index in [-0.39, 0.29) is 0 Å². The smallest absolute Gasteiger partial charge is 0.109 e. The fraction of sp³-hybridized carbons (Fsp3) is 0.250. The van der Waals surface area contributed by atoms with Crippen molar-refractivity contribution in [3.05, 3.63) is 46.7 Å². The molecule has 1 aromatic carbocycles. The molecule has 0 unspecified atom stereocenters. The molecule has 0 radical (unpaired) electrons. The van der Waals surface area contributed by atoms with Crippen LogP contribution < -0.4 is 0 Å². The van der Waals surface area contributed by atoms with Crippen molar-refractivity contribution in [3.8, 4) is 11.3 Å². The van der Waals surface area contributed by atoms with Crippen molar-refractivity contribution in [1.82, 2.24) is 9.55 Å². The average molecular weight is 225 g/mol. The fourth-order valence-electron chi connectivity index (χ4n) is 2.27. The van der Waals surface area contributed by atoms with Gasteiger partial charge >= 0.3 is 0 Å². The van der Waals surface area contributed by atoms with Crippen LogP contribution in [0.5, 0.6) is 0 Å². The van der Waals surface area contributed by atoms with Crippen molar-refractivity contribution in [2.45, 2.75) is 19.4 Å². The van der Waals surface area contributed by atoms with Crippen LogP contribution in [0.15, 0.2) is 35.6 Å². The molecule has 0 fully saturated rings. The lowest BCUT2D eigenvalue weighted by atomic mass is 10.1. The summed E-state index contributed by atoms with van der Waals surface area (Å²) >= 11 is 0. The molecule has 0 amide bonds. The third-order valence-corrected chi connectivity index (χ3v) is 3.02. The van der Waals surface area contributed by atoms with E-state index in [9.17, 15) is 0 Å². The molecule has 1 aromatic heterocycles. The van der Waals surface area contributed by atoms with Gasteiger partial charge in [-0.1, -0.05) is 23.3 Å². The summed E-state index contributed by atoms with van der Waals surface area (Å²) < 4.78 is 2.23. The highest BCUT2D eigenvalue weighted by atomic mass is 15.1. The molecule has 0 atom stereocenters. The molecule has 0 saturated heterocycles. The number of hydrogen-bond acceptors (Lipinski definition) is 2. The Hall–Kier alpha value is -2.26. The number of rotatable bonds is 2. The van der Waals surface area contributed by atoms with E-state index in [0.29, 0.717) is 5.69 Å². The van der Waals surface area contributed by atoms with Crippen LogP contribution in [0.3, 0.4) is 0 Å². The number of aromatic nitrogens is 2. The SMILES string of the molecule is [N-]=[N+]=Nc1cccc(-c2cnc3n2CCC3)c1. The van der Waals surface area contributed by atoms with E-state index in [2.05, 4.69) is 19.6 Å². The third kappa shape index (κ3) is 1.66. The van der Waals surface area contributed by atoms with Gasteiger partial charge in [0.1, 0.15) is 5.82 Å². The second-order valence-corrected chi connectivity index (χ2v) is 4.05. The maximum atomic E-state index is 8.44. The maximum absolute atomic E-state index is 8.44. The standard InChI is InChI=1S/C12H11N5/c13-16-15-10-4-1-3-9(7-10)11-8-14-12-5-2-6-17(11)12/h1,3-4,7-8H,2,5-6H2. The molecular formula is C12H11N5. The Balaban J connectivity index is 2.09. The highest BCUT2D eigenvalue weighted by molar-refractivity contribution is 5.64. The summed E-state index contributed by atoms with van der Waals surface area (Å²) in [7, 11) is 0. The summed E-state index contributed by atoms with van der Waals surface area (Å²) in [4.78, 5) is 7.21. The molecule has 17 heavy (non-hydrogen) atoms. The zero-order valence-electron chi connectivity index (χ0n) is 9.24. The van der Waals surface area contributed by atoms with Crippen LogP contribution in [0.1, 0.15) is 12.2 Å². The second-order valence-electron chi connectivity index (χ2n) is 4.05. The quantitative estimate of drug-likeness (QED) is 0.438. The summed E-state index contributed by atoms with van der Waals surface area (Å²) in [6.07, 6.45) is 4.10. The zero-order valence-corrected chi connectivity index (χ0v) is 9.24. The van der Waals surface area contributed by atoms with Crippen LogP contribution in [0.2, 0.25) is 0 Å². The van der Waals surface area contributed by atoms with E-state index in [1.165, 1.54) is 0 Å². The Morgan fingerprint density at radius 1 is 1.41 bits per heavy atom. The summed E-state index contributed by atoms with van der Waals surface area (Å²) in [6, 6.07) is 7.60. The lowest BCUT2D eigenvalue weighted by Crippen LogP contribution is -1.94. The molecule has 1 aliphatic rings. The predicted molar refractivity (Wildman–Crippen MR) is 64.8 cm³/mol. The minimum Gasteiger partial charge on any atom is -0.328 e. The average Bonchev–Trinajstić information content (AvgIpc) is 2.91. The van der Waals surface area contributed by atoms with E-state index in [4.69, 9.17) is 5.53 Å². The van der Waals surface area contributed by atoms with E-state index >= 15 is 0 Å². The van der Waals surface area contributed by atoms with Crippen LogP contribution in [-0.2, 0) is 13.0 Å². The van der Waals surface area contributed by atoms with Gasteiger partial charge in [-0.25, -0.2) is 4.98 Å². The van der Waals surface area contributed by atoms with Gasteiger partial charge in [-0.15, -0.1) is 0 Å². The lowest BCUT2D eigenvalue weighted by Gasteiger charge is -2.05. The third-order valence-electron chi connectivity index (χ3n) is 3.02. The molecule has 5 heteroatoms. The lowest BCUT2D eigenvalue weighted by molar-refractivity contribution is 0.756.